The lowest BCUT2D eigenvalue weighted by molar-refractivity contribution is -0.274. The van der Waals surface area contributed by atoms with Crippen molar-refractivity contribution in [2.24, 2.45) is 5.14 Å². The highest BCUT2D eigenvalue weighted by atomic mass is 32.2. The Balaban J connectivity index is 1.93. The average Bonchev–Trinajstić information content (AvgIpc) is 2.84. The molecular weight excluding hydrogens is 443 g/mol. The number of rotatable bonds is 6. The van der Waals surface area contributed by atoms with E-state index in [1.54, 1.807) is 0 Å². The van der Waals surface area contributed by atoms with E-state index in [1.165, 1.54) is 42.0 Å². The van der Waals surface area contributed by atoms with E-state index in [4.69, 9.17) is 5.14 Å². The summed E-state index contributed by atoms with van der Waals surface area (Å²) in [6, 6.07) is 7.27. The van der Waals surface area contributed by atoms with Crippen LogP contribution >= 0.6 is 0 Å². The first-order valence-corrected chi connectivity index (χ1v) is 10.0. The fraction of sp³-hybridized carbons (Fsp3) is 0.176. The molecule has 4 N–H and O–H groups in total. The van der Waals surface area contributed by atoms with Crippen LogP contribution in [0.5, 0.6) is 11.6 Å². The second-order valence-electron chi connectivity index (χ2n) is 6.35. The Morgan fingerprint density at radius 2 is 1.87 bits per heavy atom. The van der Waals surface area contributed by atoms with Gasteiger partial charge >= 0.3 is 12.1 Å². The normalized spacial score (nSPS) is 12.0. The number of imidazole rings is 1. The van der Waals surface area contributed by atoms with Gasteiger partial charge in [-0.3, -0.25) is 9.29 Å². The molecule has 0 atom stereocenters. The van der Waals surface area contributed by atoms with Crippen molar-refractivity contribution in [1.82, 2.24) is 14.1 Å². The number of ether oxygens (including phenoxy) is 1. The van der Waals surface area contributed by atoms with E-state index in [0.29, 0.717) is 5.56 Å². The number of alkyl halides is 3. The summed E-state index contributed by atoms with van der Waals surface area (Å²) < 4.78 is 67.1. The Hall–Kier alpha value is -3.52. The Morgan fingerprint density at radius 3 is 2.45 bits per heavy atom. The average molecular weight is 459 g/mol. The maximum Gasteiger partial charge on any atom is 0.573 e. The van der Waals surface area contributed by atoms with Gasteiger partial charge in [0.15, 0.2) is 0 Å². The fourth-order valence-corrected chi connectivity index (χ4v) is 3.21. The summed E-state index contributed by atoms with van der Waals surface area (Å²) in [6.45, 7) is 1.42. The first kappa shape index (κ1) is 22.2. The minimum Gasteiger partial charge on any atom is -0.493 e. The molecule has 0 bridgehead atoms. The van der Waals surface area contributed by atoms with Crippen molar-refractivity contribution in [3.8, 4) is 17.3 Å². The molecule has 0 spiro atoms. The summed E-state index contributed by atoms with van der Waals surface area (Å²) >= 11 is 0. The first-order valence-electron chi connectivity index (χ1n) is 8.47. The van der Waals surface area contributed by atoms with Crippen LogP contribution in [0.4, 0.5) is 19.0 Å². The van der Waals surface area contributed by atoms with Crippen LogP contribution in [-0.2, 0) is 16.8 Å². The zero-order chi connectivity index (χ0) is 23.0. The molecule has 0 aliphatic rings. The molecule has 0 unspecified atom stereocenters. The quantitative estimate of drug-likeness (QED) is 0.511. The number of benzene rings is 1. The van der Waals surface area contributed by atoms with Crippen LogP contribution in [0.15, 0.2) is 47.4 Å². The van der Waals surface area contributed by atoms with Gasteiger partial charge in [0.05, 0.1) is 17.9 Å². The fourth-order valence-electron chi connectivity index (χ4n) is 2.81. The van der Waals surface area contributed by atoms with Crippen molar-refractivity contribution in [3.05, 3.63) is 64.3 Å². The lowest BCUT2D eigenvalue weighted by Gasteiger charge is -2.09. The highest BCUT2D eigenvalue weighted by Crippen LogP contribution is 2.26. The van der Waals surface area contributed by atoms with E-state index in [2.05, 4.69) is 9.72 Å². The Bertz CT molecular complexity index is 1270. The topological polar surface area (TPSA) is 141 Å². The molecule has 10 nitrogen and oxygen atoms in total. The number of nitrogens with zero attached hydrogens (tertiary/aromatic N) is 3. The van der Waals surface area contributed by atoms with Crippen molar-refractivity contribution < 1.29 is 31.4 Å². The molecular formula is C17H16F3N5O5S. The third-order valence-electron chi connectivity index (χ3n) is 4.10. The zero-order valence-corrected chi connectivity index (χ0v) is 16.6. The highest BCUT2D eigenvalue weighted by Gasteiger charge is 2.31. The largest absolute Gasteiger partial charge is 0.573 e. The monoisotopic (exact) mass is 459 g/mol. The molecule has 3 aromatic rings. The third-order valence-corrected chi connectivity index (χ3v) is 4.60. The lowest BCUT2D eigenvalue weighted by Crippen LogP contribution is -2.25. The van der Waals surface area contributed by atoms with Crippen LogP contribution in [0.1, 0.15) is 11.3 Å². The second-order valence-corrected chi connectivity index (χ2v) is 7.65. The van der Waals surface area contributed by atoms with Gasteiger partial charge in [0.2, 0.25) is 5.88 Å². The van der Waals surface area contributed by atoms with Crippen molar-refractivity contribution in [1.29, 1.82) is 0 Å². The number of nitrogens with two attached hydrogens (primary N) is 1. The molecule has 0 saturated heterocycles. The first-order chi connectivity index (χ1) is 14.3. The van der Waals surface area contributed by atoms with E-state index >= 15 is 0 Å². The molecule has 14 heteroatoms. The molecule has 3 rings (SSSR count). The van der Waals surface area contributed by atoms with E-state index < -0.39 is 33.9 Å². The highest BCUT2D eigenvalue weighted by molar-refractivity contribution is 7.90. The zero-order valence-electron chi connectivity index (χ0n) is 15.8. The number of halogens is 3. The predicted molar refractivity (Wildman–Crippen MR) is 103 cm³/mol. The number of nitrogens with one attached hydrogen (secondary N) is 1. The maximum atomic E-state index is 12.9. The summed E-state index contributed by atoms with van der Waals surface area (Å²) in [5.41, 5.74) is 0.0956. The number of hydrogen-bond acceptors (Lipinski definition) is 6. The van der Waals surface area contributed by atoms with Crippen molar-refractivity contribution in [2.45, 2.75) is 19.8 Å². The summed E-state index contributed by atoms with van der Waals surface area (Å²) in [5, 5.41) is 15.3. The molecule has 0 aliphatic heterocycles. The van der Waals surface area contributed by atoms with Gasteiger partial charge in [-0.2, -0.15) is 8.42 Å². The van der Waals surface area contributed by atoms with E-state index in [-0.39, 0.29) is 23.7 Å². The molecule has 0 amide bonds. The lowest BCUT2D eigenvalue weighted by atomic mass is 10.2. The van der Waals surface area contributed by atoms with E-state index in [1.807, 2.05) is 4.72 Å². The van der Waals surface area contributed by atoms with Gasteiger partial charge < -0.3 is 9.84 Å². The van der Waals surface area contributed by atoms with Crippen LogP contribution < -0.4 is 20.3 Å². The van der Waals surface area contributed by atoms with Crippen LogP contribution in [-0.4, -0.2) is 34.0 Å². The summed E-state index contributed by atoms with van der Waals surface area (Å²) in [7, 11) is -4.04. The summed E-state index contributed by atoms with van der Waals surface area (Å²) in [5.74, 6) is -0.951. The minimum atomic E-state index is -4.86. The summed E-state index contributed by atoms with van der Waals surface area (Å²) in [6.07, 6.45) is -3.55. The molecule has 166 valence electrons. The van der Waals surface area contributed by atoms with Crippen LogP contribution in [0.3, 0.4) is 0 Å². The smallest absolute Gasteiger partial charge is 0.493 e. The molecule has 2 aromatic heterocycles. The second kappa shape index (κ2) is 7.96. The minimum absolute atomic E-state index is 0.0533. The number of hydrogen-bond donors (Lipinski definition) is 3. The van der Waals surface area contributed by atoms with Crippen molar-refractivity contribution in [2.75, 3.05) is 4.72 Å². The van der Waals surface area contributed by atoms with Gasteiger partial charge in [-0.25, -0.2) is 19.5 Å². The molecule has 31 heavy (non-hydrogen) atoms. The third kappa shape index (κ3) is 5.35. The van der Waals surface area contributed by atoms with Crippen LogP contribution in [0.2, 0.25) is 0 Å². The molecule has 1 aromatic carbocycles. The van der Waals surface area contributed by atoms with Gasteiger partial charge in [-0.15, -0.1) is 13.2 Å². The molecule has 0 radical (unpaired) electrons. The van der Waals surface area contributed by atoms with E-state index in [0.717, 1.165) is 16.7 Å². The Morgan fingerprint density at radius 1 is 1.23 bits per heavy atom. The van der Waals surface area contributed by atoms with Crippen molar-refractivity contribution >= 4 is 16.0 Å². The van der Waals surface area contributed by atoms with Gasteiger partial charge in [0.25, 0.3) is 10.2 Å². The van der Waals surface area contributed by atoms with Gasteiger partial charge in [-0.05, 0) is 48.9 Å². The van der Waals surface area contributed by atoms with Crippen LogP contribution in [0.25, 0.3) is 5.69 Å². The maximum absolute atomic E-state index is 12.9. The van der Waals surface area contributed by atoms with Gasteiger partial charge in [-0.1, -0.05) is 0 Å². The van der Waals surface area contributed by atoms with E-state index in [9.17, 15) is 31.5 Å². The SMILES string of the molecule is Cc1c(O)n(-c2ccc(OC(F)(F)F)cc2)c(=O)n1Cc1ccnc(NS(N)(=O)=O)c1. The molecule has 0 aliphatic carbocycles. The number of anilines is 1. The Kier molecular flexibility index (Phi) is 5.69. The number of aromatic nitrogens is 3. The van der Waals surface area contributed by atoms with Crippen molar-refractivity contribution in [3.63, 3.8) is 0 Å². The summed E-state index contributed by atoms with van der Waals surface area (Å²) in [4.78, 5) is 16.7. The molecule has 0 saturated carbocycles. The number of pyridine rings is 1. The number of aromatic hydroxyl groups is 1. The standard InChI is InChI=1S/C17H16F3N5O5S/c1-10-15(26)25(12-2-4-13(5-3-12)30-17(18,19)20)16(27)24(10)9-11-6-7-22-14(8-11)23-31(21,28)29/h2-8,26H,9H2,1H3,(H,22,23)(H2,21,28,29). The Labute approximate surface area is 173 Å². The molecule has 2 heterocycles. The van der Waals surface area contributed by atoms with Crippen LogP contribution in [0, 0.1) is 6.92 Å². The molecule has 0 fully saturated rings. The van der Waals surface area contributed by atoms with Gasteiger partial charge in [0, 0.05) is 6.20 Å². The van der Waals surface area contributed by atoms with Gasteiger partial charge in [0.1, 0.15) is 11.6 Å². The predicted octanol–water partition coefficient (Wildman–Crippen LogP) is 1.61.